The van der Waals surface area contributed by atoms with Gasteiger partial charge in [0, 0.05) is 55.1 Å². The number of benzene rings is 1. The molecule has 1 aromatic heterocycles. The summed E-state index contributed by atoms with van der Waals surface area (Å²) in [5.74, 6) is 1.37. The third kappa shape index (κ3) is 3.39. The van der Waals surface area contributed by atoms with Gasteiger partial charge in [0.05, 0.1) is 7.11 Å². The van der Waals surface area contributed by atoms with Gasteiger partial charge in [-0.05, 0) is 37.1 Å². The summed E-state index contributed by atoms with van der Waals surface area (Å²) >= 11 is 0. The van der Waals surface area contributed by atoms with Crippen LogP contribution in [0.4, 0.5) is 0 Å². The van der Waals surface area contributed by atoms with Crippen molar-refractivity contribution in [2.24, 2.45) is 5.92 Å². The SMILES string of the molecule is COc1ccc2[nH]c(=O)c(CN3CCN(C(=O)C4CC4)CC3)cc2c1. The molecule has 1 aliphatic heterocycles. The van der Waals surface area contributed by atoms with Crippen molar-refractivity contribution in [3.63, 3.8) is 0 Å². The Hall–Kier alpha value is -2.34. The standard InChI is InChI=1S/C19H23N3O3/c1-25-16-4-5-17-14(11-16)10-15(18(23)20-17)12-21-6-8-22(9-7-21)19(24)13-2-3-13/h4-5,10-11,13H,2-3,6-9,12H2,1H3,(H,20,23). The maximum absolute atomic E-state index is 12.4. The van der Waals surface area contributed by atoms with E-state index in [9.17, 15) is 9.59 Å². The molecule has 1 saturated carbocycles. The Bertz CT molecular complexity index is 849. The molecule has 6 nitrogen and oxygen atoms in total. The van der Waals surface area contributed by atoms with Gasteiger partial charge in [-0.25, -0.2) is 0 Å². The molecule has 0 bridgehead atoms. The monoisotopic (exact) mass is 341 g/mol. The topological polar surface area (TPSA) is 65.6 Å². The van der Waals surface area contributed by atoms with E-state index in [2.05, 4.69) is 9.88 Å². The zero-order chi connectivity index (χ0) is 17.4. The number of rotatable bonds is 4. The normalized spacial score (nSPS) is 18.5. The Morgan fingerprint density at radius 3 is 2.64 bits per heavy atom. The molecule has 0 radical (unpaired) electrons. The van der Waals surface area contributed by atoms with Crippen LogP contribution in [0.2, 0.25) is 0 Å². The molecular formula is C19H23N3O3. The number of piperazine rings is 1. The first kappa shape index (κ1) is 16.1. The van der Waals surface area contributed by atoms with Crippen LogP contribution in [-0.4, -0.2) is 54.0 Å². The van der Waals surface area contributed by atoms with Gasteiger partial charge in [0.15, 0.2) is 0 Å². The number of nitrogens with one attached hydrogen (secondary N) is 1. The zero-order valence-corrected chi connectivity index (χ0v) is 14.5. The summed E-state index contributed by atoms with van der Waals surface area (Å²) < 4.78 is 5.26. The minimum atomic E-state index is -0.0471. The average Bonchev–Trinajstić information content (AvgIpc) is 3.47. The predicted octanol–water partition coefficient (Wildman–Crippen LogP) is 1.59. The van der Waals surface area contributed by atoms with Gasteiger partial charge in [-0.2, -0.15) is 0 Å². The minimum absolute atomic E-state index is 0.0471. The van der Waals surface area contributed by atoms with Crippen LogP contribution in [0.1, 0.15) is 18.4 Å². The van der Waals surface area contributed by atoms with Gasteiger partial charge in [-0.15, -0.1) is 0 Å². The van der Waals surface area contributed by atoms with E-state index in [-0.39, 0.29) is 11.5 Å². The van der Waals surface area contributed by atoms with Crippen LogP contribution in [0.15, 0.2) is 29.1 Å². The number of hydrogen-bond donors (Lipinski definition) is 1. The summed E-state index contributed by atoms with van der Waals surface area (Å²) in [6.45, 7) is 3.75. The molecule has 0 spiro atoms. The molecule has 1 amide bonds. The fourth-order valence-corrected chi connectivity index (χ4v) is 3.43. The second kappa shape index (κ2) is 6.52. The summed E-state index contributed by atoms with van der Waals surface area (Å²) in [6.07, 6.45) is 2.10. The molecule has 132 valence electrons. The smallest absolute Gasteiger partial charge is 0.252 e. The highest BCUT2D eigenvalue weighted by Gasteiger charge is 2.34. The fourth-order valence-electron chi connectivity index (χ4n) is 3.43. The Balaban J connectivity index is 1.46. The largest absolute Gasteiger partial charge is 0.497 e. The lowest BCUT2D eigenvalue weighted by Gasteiger charge is -2.34. The molecule has 0 atom stereocenters. The van der Waals surface area contributed by atoms with Crippen molar-refractivity contribution in [2.75, 3.05) is 33.3 Å². The summed E-state index contributed by atoms with van der Waals surface area (Å²) in [5, 5.41) is 0.969. The molecule has 6 heteroatoms. The number of carbonyl (C=O) groups is 1. The number of methoxy groups -OCH3 is 1. The van der Waals surface area contributed by atoms with E-state index in [1.807, 2.05) is 29.2 Å². The highest BCUT2D eigenvalue weighted by atomic mass is 16.5. The Morgan fingerprint density at radius 1 is 1.20 bits per heavy atom. The Kier molecular flexibility index (Phi) is 4.21. The van der Waals surface area contributed by atoms with Crippen molar-refractivity contribution < 1.29 is 9.53 Å². The lowest BCUT2D eigenvalue weighted by molar-refractivity contribution is -0.134. The van der Waals surface area contributed by atoms with Crippen LogP contribution in [0.25, 0.3) is 10.9 Å². The lowest BCUT2D eigenvalue weighted by Crippen LogP contribution is -2.49. The third-order valence-electron chi connectivity index (χ3n) is 5.13. The van der Waals surface area contributed by atoms with Crippen LogP contribution in [0, 0.1) is 5.92 Å². The highest BCUT2D eigenvalue weighted by Crippen LogP contribution is 2.31. The molecule has 2 heterocycles. The van der Waals surface area contributed by atoms with Gasteiger partial charge in [-0.1, -0.05) is 0 Å². The molecule has 1 saturated heterocycles. The van der Waals surface area contributed by atoms with Crippen molar-refractivity contribution in [3.05, 3.63) is 40.2 Å². The number of aromatic amines is 1. The second-order valence-corrected chi connectivity index (χ2v) is 6.95. The van der Waals surface area contributed by atoms with E-state index in [0.29, 0.717) is 12.5 Å². The van der Waals surface area contributed by atoms with Gasteiger partial charge in [-0.3, -0.25) is 14.5 Å². The minimum Gasteiger partial charge on any atom is -0.497 e. The van der Waals surface area contributed by atoms with Gasteiger partial charge in [0.25, 0.3) is 5.56 Å². The summed E-state index contributed by atoms with van der Waals surface area (Å²) in [4.78, 5) is 31.6. The third-order valence-corrected chi connectivity index (χ3v) is 5.13. The number of pyridine rings is 1. The molecule has 1 aromatic carbocycles. The quantitative estimate of drug-likeness (QED) is 0.917. The number of carbonyl (C=O) groups excluding carboxylic acids is 1. The fraction of sp³-hybridized carbons (Fsp3) is 0.474. The van der Waals surface area contributed by atoms with Crippen molar-refractivity contribution in [1.82, 2.24) is 14.8 Å². The van der Waals surface area contributed by atoms with Crippen LogP contribution >= 0.6 is 0 Å². The molecule has 2 fully saturated rings. The van der Waals surface area contributed by atoms with Crippen LogP contribution in [0.5, 0.6) is 5.75 Å². The van der Waals surface area contributed by atoms with Gasteiger partial charge < -0.3 is 14.6 Å². The molecule has 1 N–H and O–H groups in total. The maximum Gasteiger partial charge on any atom is 0.252 e. The number of hydrogen-bond acceptors (Lipinski definition) is 4. The Labute approximate surface area is 146 Å². The van der Waals surface area contributed by atoms with E-state index in [1.165, 1.54) is 0 Å². The predicted molar refractivity (Wildman–Crippen MR) is 95.7 cm³/mol. The van der Waals surface area contributed by atoms with E-state index in [4.69, 9.17) is 4.74 Å². The highest BCUT2D eigenvalue weighted by molar-refractivity contribution is 5.81. The van der Waals surface area contributed by atoms with Crippen molar-refractivity contribution in [1.29, 1.82) is 0 Å². The number of fused-ring (bicyclic) bond motifs is 1. The lowest BCUT2D eigenvalue weighted by atomic mass is 10.1. The van der Waals surface area contributed by atoms with Crippen molar-refractivity contribution >= 4 is 16.8 Å². The maximum atomic E-state index is 12.4. The molecule has 25 heavy (non-hydrogen) atoms. The first-order valence-corrected chi connectivity index (χ1v) is 8.85. The van der Waals surface area contributed by atoms with Crippen LogP contribution in [0.3, 0.4) is 0 Å². The number of amides is 1. The van der Waals surface area contributed by atoms with E-state index < -0.39 is 0 Å². The summed E-state index contributed by atoms with van der Waals surface area (Å²) in [7, 11) is 1.64. The van der Waals surface area contributed by atoms with E-state index >= 15 is 0 Å². The first-order chi connectivity index (χ1) is 12.1. The Morgan fingerprint density at radius 2 is 1.96 bits per heavy atom. The molecule has 2 aliphatic rings. The number of H-pyrrole nitrogens is 1. The molecule has 0 unspecified atom stereocenters. The number of nitrogens with zero attached hydrogens (tertiary/aromatic N) is 2. The number of ether oxygens (including phenoxy) is 1. The number of aromatic nitrogens is 1. The van der Waals surface area contributed by atoms with Crippen LogP contribution in [-0.2, 0) is 11.3 Å². The summed E-state index contributed by atoms with van der Waals surface area (Å²) in [6, 6.07) is 7.58. The van der Waals surface area contributed by atoms with Crippen LogP contribution < -0.4 is 10.3 Å². The van der Waals surface area contributed by atoms with E-state index in [0.717, 1.165) is 61.2 Å². The average molecular weight is 341 g/mol. The molecule has 1 aliphatic carbocycles. The van der Waals surface area contributed by atoms with Gasteiger partial charge >= 0.3 is 0 Å². The summed E-state index contributed by atoms with van der Waals surface area (Å²) in [5.41, 5.74) is 1.52. The molecule has 2 aromatic rings. The van der Waals surface area contributed by atoms with E-state index in [1.54, 1.807) is 7.11 Å². The first-order valence-electron chi connectivity index (χ1n) is 8.85. The van der Waals surface area contributed by atoms with Crippen molar-refractivity contribution in [3.8, 4) is 5.75 Å². The van der Waals surface area contributed by atoms with Crippen molar-refractivity contribution in [2.45, 2.75) is 19.4 Å². The molecular weight excluding hydrogens is 318 g/mol. The van der Waals surface area contributed by atoms with Gasteiger partial charge in [0.2, 0.25) is 5.91 Å². The van der Waals surface area contributed by atoms with Gasteiger partial charge in [0.1, 0.15) is 5.75 Å². The molecule has 4 rings (SSSR count). The second-order valence-electron chi connectivity index (χ2n) is 6.95. The zero-order valence-electron chi connectivity index (χ0n) is 14.5.